The molecule has 1 unspecified atom stereocenters. The number of carbonyl (C=O) groups excluding carboxylic acids is 1. The van der Waals surface area contributed by atoms with E-state index in [4.69, 9.17) is 17.3 Å². The van der Waals surface area contributed by atoms with Crippen molar-refractivity contribution in [1.82, 2.24) is 5.32 Å². The van der Waals surface area contributed by atoms with Crippen molar-refractivity contribution in [2.24, 2.45) is 5.73 Å². The molecule has 1 atom stereocenters. The molecular weight excluding hydrogens is 224 g/mol. The van der Waals surface area contributed by atoms with Crippen LogP contribution in [0.1, 0.15) is 12.0 Å². The third kappa shape index (κ3) is 4.04. The Morgan fingerprint density at radius 3 is 3.00 bits per heavy atom. The predicted molar refractivity (Wildman–Crippen MR) is 66.1 cm³/mol. The van der Waals surface area contributed by atoms with Gasteiger partial charge in [0.1, 0.15) is 0 Å². The van der Waals surface area contributed by atoms with Crippen LogP contribution in [0.2, 0.25) is 5.02 Å². The van der Waals surface area contributed by atoms with Gasteiger partial charge >= 0.3 is 0 Å². The lowest BCUT2D eigenvalue weighted by Crippen LogP contribution is -2.39. The Morgan fingerprint density at radius 1 is 1.62 bits per heavy atom. The molecule has 0 bridgehead atoms. The summed E-state index contributed by atoms with van der Waals surface area (Å²) in [6.45, 7) is 3.97. The molecule has 1 amide bonds. The first-order valence-corrected chi connectivity index (χ1v) is 5.40. The van der Waals surface area contributed by atoms with Gasteiger partial charge in [-0.2, -0.15) is 0 Å². The maximum atomic E-state index is 11.5. The quantitative estimate of drug-likeness (QED) is 0.770. The van der Waals surface area contributed by atoms with Gasteiger partial charge < -0.3 is 11.1 Å². The minimum absolute atomic E-state index is 0.181. The SMILES string of the molecule is C=CCC(N)C(=O)NCc1cccc(Cl)c1. The van der Waals surface area contributed by atoms with Crippen LogP contribution < -0.4 is 11.1 Å². The molecule has 0 saturated heterocycles. The monoisotopic (exact) mass is 238 g/mol. The highest BCUT2D eigenvalue weighted by Gasteiger charge is 2.10. The highest BCUT2D eigenvalue weighted by molar-refractivity contribution is 6.30. The summed E-state index contributed by atoms with van der Waals surface area (Å²) in [7, 11) is 0. The molecule has 3 nitrogen and oxygen atoms in total. The van der Waals surface area contributed by atoms with Crippen molar-refractivity contribution < 1.29 is 4.79 Å². The molecule has 0 aliphatic carbocycles. The van der Waals surface area contributed by atoms with Crippen molar-refractivity contribution in [3.63, 3.8) is 0 Å². The molecule has 0 radical (unpaired) electrons. The summed E-state index contributed by atoms with van der Waals surface area (Å²) in [4.78, 5) is 11.5. The smallest absolute Gasteiger partial charge is 0.237 e. The van der Waals surface area contributed by atoms with Gasteiger partial charge in [-0.15, -0.1) is 6.58 Å². The second-order valence-corrected chi connectivity index (χ2v) is 3.92. The molecule has 0 aliphatic heterocycles. The second kappa shape index (κ2) is 6.30. The molecule has 0 aromatic heterocycles. The van der Waals surface area contributed by atoms with Crippen LogP contribution in [0.5, 0.6) is 0 Å². The maximum absolute atomic E-state index is 11.5. The normalized spacial score (nSPS) is 11.9. The molecule has 3 N–H and O–H groups in total. The molecule has 1 rings (SSSR count). The fraction of sp³-hybridized carbons (Fsp3) is 0.250. The molecular formula is C12H15ClN2O. The van der Waals surface area contributed by atoms with Crippen molar-refractivity contribution >= 4 is 17.5 Å². The van der Waals surface area contributed by atoms with Crippen LogP contribution in [-0.4, -0.2) is 11.9 Å². The molecule has 86 valence electrons. The van der Waals surface area contributed by atoms with Gasteiger partial charge in [-0.1, -0.05) is 29.8 Å². The number of nitrogens with two attached hydrogens (primary N) is 1. The number of amides is 1. The summed E-state index contributed by atoms with van der Waals surface area (Å²) in [5, 5.41) is 3.40. The number of hydrogen-bond acceptors (Lipinski definition) is 2. The van der Waals surface area contributed by atoms with E-state index in [1.807, 2.05) is 12.1 Å². The van der Waals surface area contributed by atoms with Crippen molar-refractivity contribution in [1.29, 1.82) is 0 Å². The van der Waals surface area contributed by atoms with Crippen LogP contribution in [-0.2, 0) is 11.3 Å². The van der Waals surface area contributed by atoms with Crippen molar-refractivity contribution in [2.75, 3.05) is 0 Å². The van der Waals surface area contributed by atoms with E-state index in [0.29, 0.717) is 18.0 Å². The molecule has 16 heavy (non-hydrogen) atoms. The second-order valence-electron chi connectivity index (χ2n) is 3.48. The van der Waals surface area contributed by atoms with Gasteiger partial charge in [-0.25, -0.2) is 0 Å². The molecule has 0 heterocycles. The van der Waals surface area contributed by atoms with E-state index in [9.17, 15) is 4.79 Å². The third-order valence-electron chi connectivity index (χ3n) is 2.11. The van der Waals surface area contributed by atoms with Gasteiger partial charge in [0, 0.05) is 11.6 Å². The summed E-state index contributed by atoms with van der Waals surface area (Å²) in [5.41, 5.74) is 6.56. The van der Waals surface area contributed by atoms with Gasteiger partial charge in [0.25, 0.3) is 0 Å². The topological polar surface area (TPSA) is 55.1 Å². The number of halogens is 1. The first kappa shape index (κ1) is 12.7. The van der Waals surface area contributed by atoms with E-state index in [1.54, 1.807) is 18.2 Å². The highest BCUT2D eigenvalue weighted by atomic mass is 35.5. The van der Waals surface area contributed by atoms with E-state index in [1.165, 1.54) is 0 Å². The average Bonchev–Trinajstić information content (AvgIpc) is 2.26. The number of nitrogens with one attached hydrogen (secondary N) is 1. The molecule has 4 heteroatoms. The first-order valence-electron chi connectivity index (χ1n) is 5.02. The zero-order valence-corrected chi connectivity index (χ0v) is 9.70. The number of carbonyl (C=O) groups is 1. The van der Waals surface area contributed by atoms with Crippen molar-refractivity contribution in [3.8, 4) is 0 Å². The molecule has 0 spiro atoms. The summed E-state index contributed by atoms with van der Waals surface area (Å²) >= 11 is 5.82. The minimum Gasteiger partial charge on any atom is -0.351 e. The lowest BCUT2D eigenvalue weighted by Gasteiger charge is -2.10. The fourth-order valence-corrected chi connectivity index (χ4v) is 1.47. The van der Waals surface area contributed by atoms with E-state index in [0.717, 1.165) is 5.56 Å². The molecule has 0 saturated carbocycles. The lowest BCUT2D eigenvalue weighted by molar-refractivity contribution is -0.122. The van der Waals surface area contributed by atoms with E-state index < -0.39 is 6.04 Å². The predicted octanol–water partition coefficient (Wildman–Crippen LogP) is 1.86. The molecule has 0 fully saturated rings. The fourth-order valence-electron chi connectivity index (χ4n) is 1.25. The zero-order chi connectivity index (χ0) is 12.0. The van der Waals surface area contributed by atoms with Crippen LogP contribution in [0.15, 0.2) is 36.9 Å². The van der Waals surface area contributed by atoms with Gasteiger partial charge in [-0.3, -0.25) is 4.79 Å². The number of hydrogen-bond donors (Lipinski definition) is 2. The summed E-state index contributed by atoms with van der Waals surface area (Å²) in [6.07, 6.45) is 2.10. The number of rotatable bonds is 5. The standard InChI is InChI=1S/C12H15ClN2O/c1-2-4-11(14)12(16)15-8-9-5-3-6-10(13)7-9/h2-3,5-7,11H,1,4,8,14H2,(H,15,16). The van der Waals surface area contributed by atoms with Crippen LogP contribution in [0.25, 0.3) is 0 Å². The van der Waals surface area contributed by atoms with Crippen LogP contribution >= 0.6 is 11.6 Å². The Hall–Kier alpha value is -1.32. The average molecular weight is 239 g/mol. The van der Waals surface area contributed by atoms with Crippen LogP contribution in [0.3, 0.4) is 0 Å². The Balaban J connectivity index is 2.45. The molecule has 1 aromatic carbocycles. The van der Waals surface area contributed by atoms with Gasteiger partial charge in [0.2, 0.25) is 5.91 Å². The lowest BCUT2D eigenvalue weighted by atomic mass is 10.2. The summed E-state index contributed by atoms with van der Waals surface area (Å²) in [5.74, 6) is -0.181. The van der Waals surface area contributed by atoms with E-state index in [2.05, 4.69) is 11.9 Å². The highest BCUT2D eigenvalue weighted by Crippen LogP contribution is 2.10. The zero-order valence-electron chi connectivity index (χ0n) is 8.95. The number of benzene rings is 1. The molecule has 1 aromatic rings. The van der Waals surface area contributed by atoms with Gasteiger partial charge in [0.15, 0.2) is 0 Å². The Labute approximate surface area is 100 Å². The Bertz CT molecular complexity index is 379. The Morgan fingerprint density at radius 2 is 2.38 bits per heavy atom. The van der Waals surface area contributed by atoms with Crippen LogP contribution in [0.4, 0.5) is 0 Å². The van der Waals surface area contributed by atoms with Gasteiger partial charge in [0.05, 0.1) is 6.04 Å². The summed E-state index contributed by atoms with van der Waals surface area (Å²) in [6, 6.07) is 6.80. The molecule has 0 aliphatic rings. The van der Waals surface area contributed by atoms with Gasteiger partial charge in [-0.05, 0) is 24.1 Å². The first-order chi connectivity index (χ1) is 7.63. The maximum Gasteiger partial charge on any atom is 0.237 e. The van der Waals surface area contributed by atoms with Crippen molar-refractivity contribution in [3.05, 3.63) is 47.5 Å². The Kier molecular flexibility index (Phi) is 5.02. The largest absolute Gasteiger partial charge is 0.351 e. The third-order valence-corrected chi connectivity index (χ3v) is 2.35. The van der Waals surface area contributed by atoms with E-state index in [-0.39, 0.29) is 5.91 Å². The summed E-state index contributed by atoms with van der Waals surface area (Å²) < 4.78 is 0. The minimum atomic E-state index is -0.531. The van der Waals surface area contributed by atoms with Crippen LogP contribution in [0, 0.1) is 0 Å². The van der Waals surface area contributed by atoms with Crippen molar-refractivity contribution in [2.45, 2.75) is 19.0 Å². The van der Waals surface area contributed by atoms with E-state index >= 15 is 0 Å².